The smallest absolute Gasteiger partial charge is 0.223 e. The van der Waals surface area contributed by atoms with Crippen LogP contribution in [-0.2, 0) is 36.8 Å². The molecule has 0 unspecified atom stereocenters. The lowest BCUT2D eigenvalue weighted by molar-refractivity contribution is -0.125. The Balaban J connectivity index is 1.79. The van der Waals surface area contributed by atoms with Crippen LogP contribution < -0.4 is 0 Å². The van der Waals surface area contributed by atoms with Gasteiger partial charge in [-0.15, -0.1) is 0 Å². The molecule has 6 rings (SSSR count). The zero-order chi connectivity index (χ0) is 36.9. The predicted molar refractivity (Wildman–Crippen MR) is 201 cm³/mol. The minimum atomic E-state index is -1.64. The predicted octanol–water partition coefficient (Wildman–Crippen LogP) is 10.2. The highest BCUT2D eigenvalue weighted by atomic mass is 16.5. The van der Waals surface area contributed by atoms with Gasteiger partial charge in [-0.2, -0.15) is 0 Å². The molecular weight excluding hydrogens is 620 g/mol. The topological polar surface area (TPSA) is 83.8 Å². The Labute approximate surface area is 297 Å². The van der Waals surface area contributed by atoms with E-state index in [1.807, 2.05) is 102 Å². The second-order valence-electron chi connectivity index (χ2n) is 18.1. The Kier molecular flexibility index (Phi) is 7.87. The fourth-order valence-electron chi connectivity index (χ4n) is 7.45. The van der Waals surface area contributed by atoms with Crippen LogP contribution >= 0.6 is 0 Å². The van der Waals surface area contributed by atoms with E-state index in [1.165, 1.54) is 0 Å². The molecule has 0 amide bonds. The molecule has 5 heteroatoms. The molecule has 5 nitrogen and oxygen atoms in total. The first kappa shape index (κ1) is 35.2. The summed E-state index contributed by atoms with van der Waals surface area (Å²) in [6, 6.07) is 22.2. The third-order valence-corrected chi connectivity index (χ3v) is 10.1. The fourth-order valence-corrected chi connectivity index (χ4v) is 7.45. The summed E-state index contributed by atoms with van der Waals surface area (Å²) < 4.78 is 7.25. The van der Waals surface area contributed by atoms with Crippen molar-refractivity contribution in [2.75, 3.05) is 0 Å². The molecule has 0 atom stereocenters. The van der Waals surface area contributed by atoms with Crippen LogP contribution in [0.5, 0.6) is 11.5 Å². The lowest BCUT2D eigenvalue weighted by Crippen LogP contribution is -2.41. The lowest BCUT2D eigenvalue weighted by atomic mass is 9.70. The quantitative estimate of drug-likeness (QED) is 0.222. The number of aromatic hydroxyl groups is 2. The summed E-state index contributed by atoms with van der Waals surface area (Å²) in [7, 11) is 0. The van der Waals surface area contributed by atoms with Crippen LogP contribution in [0, 0.1) is 0 Å². The van der Waals surface area contributed by atoms with Gasteiger partial charge in [-0.3, -0.25) is 9.59 Å². The maximum Gasteiger partial charge on any atom is 0.223 e. The monoisotopic (exact) mass is 670 g/mol. The van der Waals surface area contributed by atoms with E-state index in [1.54, 1.807) is 12.1 Å². The van der Waals surface area contributed by atoms with Crippen molar-refractivity contribution in [3.8, 4) is 11.5 Å². The number of rotatable bonds is 2. The first-order valence-electron chi connectivity index (χ1n) is 17.5. The molecule has 2 N–H and O–H groups in total. The number of carbonyl (C=O) groups is 2. The Morgan fingerprint density at radius 3 is 1.22 bits per heavy atom. The molecule has 1 aliphatic heterocycles. The largest absolute Gasteiger partial charge is 0.507 e. The van der Waals surface area contributed by atoms with Gasteiger partial charge in [0, 0.05) is 50.1 Å². The summed E-state index contributed by atoms with van der Waals surface area (Å²) in [6.07, 6.45) is 0. The number of fused-ring (bicyclic) bond motifs is 4. The van der Waals surface area contributed by atoms with Crippen LogP contribution in [0.3, 0.4) is 0 Å². The fraction of sp³-hybridized carbons (Fsp3) is 0.378. The molecule has 2 aliphatic rings. The highest BCUT2D eigenvalue weighted by Gasteiger charge is 2.57. The van der Waals surface area contributed by atoms with E-state index in [-0.39, 0.29) is 23.1 Å². The molecule has 260 valence electrons. The maximum absolute atomic E-state index is 15.7. The Hall–Kier alpha value is -4.64. The highest BCUT2D eigenvalue weighted by Crippen LogP contribution is 2.56. The van der Waals surface area contributed by atoms with Gasteiger partial charge in [0.2, 0.25) is 11.4 Å². The molecule has 0 saturated carbocycles. The Morgan fingerprint density at radius 2 is 0.860 bits per heavy atom. The first-order chi connectivity index (χ1) is 23.0. The van der Waals surface area contributed by atoms with Crippen molar-refractivity contribution in [2.45, 2.75) is 110 Å². The van der Waals surface area contributed by atoms with E-state index in [0.29, 0.717) is 44.7 Å². The molecule has 0 fully saturated rings. The van der Waals surface area contributed by atoms with Crippen molar-refractivity contribution in [1.29, 1.82) is 0 Å². The van der Waals surface area contributed by atoms with Crippen molar-refractivity contribution in [1.82, 2.24) is 0 Å². The molecule has 4 aromatic carbocycles. The van der Waals surface area contributed by atoms with Crippen molar-refractivity contribution in [3.63, 3.8) is 0 Å². The number of ether oxygens (including phenoxy) is 1. The first-order valence-corrected chi connectivity index (χ1v) is 17.5. The van der Waals surface area contributed by atoms with Crippen molar-refractivity contribution in [2.24, 2.45) is 0 Å². The standard InChI is InChI=1S/C45H50O5/c1-41(2,3)31-21-25(22-32(37(31)47)42(4,5)6)35-39(26-23-33(43(7,8)9)38(48)34(24-26)44(10,11)12)50-45(40(35)49)29-19-15-13-17-27(29)36(46)28-18-14-16-20-30(28)45/h13-24,47-48H,1-12H3. The van der Waals surface area contributed by atoms with Gasteiger partial charge in [-0.25, -0.2) is 0 Å². The third kappa shape index (κ3) is 5.37. The van der Waals surface area contributed by atoms with Gasteiger partial charge >= 0.3 is 0 Å². The molecule has 4 aromatic rings. The van der Waals surface area contributed by atoms with Crippen LogP contribution in [0.2, 0.25) is 0 Å². The van der Waals surface area contributed by atoms with E-state index in [4.69, 9.17) is 4.74 Å². The van der Waals surface area contributed by atoms with Gasteiger partial charge in [0.1, 0.15) is 17.3 Å². The van der Waals surface area contributed by atoms with Crippen molar-refractivity contribution in [3.05, 3.63) is 128 Å². The number of carbonyl (C=O) groups excluding carboxylic acids is 2. The average Bonchev–Trinajstić information content (AvgIpc) is 3.31. The number of benzene rings is 4. The van der Waals surface area contributed by atoms with Gasteiger partial charge in [-0.1, -0.05) is 132 Å². The number of hydrogen-bond acceptors (Lipinski definition) is 5. The molecule has 1 aliphatic carbocycles. The zero-order valence-electron chi connectivity index (χ0n) is 31.5. The van der Waals surface area contributed by atoms with Crippen LogP contribution in [0.15, 0.2) is 72.8 Å². The van der Waals surface area contributed by atoms with Crippen LogP contribution in [0.1, 0.15) is 144 Å². The lowest BCUT2D eigenvalue weighted by Gasteiger charge is -2.36. The number of phenolic OH excluding ortho intramolecular Hbond substituents is 2. The summed E-state index contributed by atoms with van der Waals surface area (Å²) in [5.74, 6) is 0.370. The van der Waals surface area contributed by atoms with Gasteiger partial charge in [0.05, 0.1) is 5.57 Å². The maximum atomic E-state index is 15.7. The summed E-state index contributed by atoms with van der Waals surface area (Å²) >= 11 is 0. The van der Waals surface area contributed by atoms with Crippen LogP contribution in [0.4, 0.5) is 0 Å². The van der Waals surface area contributed by atoms with Crippen molar-refractivity contribution >= 4 is 22.9 Å². The van der Waals surface area contributed by atoms with Gasteiger partial charge < -0.3 is 14.9 Å². The highest BCUT2D eigenvalue weighted by molar-refractivity contribution is 6.35. The molecule has 1 heterocycles. The second-order valence-corrected chi connectivity index (χ2v) is 18.1. The van der Waals surface area contributed by atoms with Crippen LogP contribution in [-0.4, -0.2) is 21.8 Å². The summed E-state index contributed by atoms with van der Waals surface area (Å²) in [5.41, 5.74) is 3.00. The summed E-state index contributed by atoms with van der Waals surface area (Å²) in [6.45, 7) is 24.6. The van der Waals surface area contributed by atoms with Gasteiger partial charge in [-0.05, 0) is 51.5 Å². The van der Waals surface area contributed by atoms with Crippen molar-refractivity contribution < 1.29 is 24.5 Å². The van der Waals surface area contributed by atoms with Crippen LogP contribution in [0.25, 0.3) is 11.3 Å². The summed E-state index contributed by atoms with van der Waals surface area (Å²) in [4.78, 5) is 29.6. The normalized spacial score (nSPS) is 16.1. The molecule has 0 aromatic heterocycles. The number of ketones is 2. The molecular formula is C45H50O5. The summed E-state index contributed by atoms with van der Waals surface area (Å²) in [5, 5.41) is 23.4. The molecule has 0 bridgehead atoms. The van der Waals surface area contributed by atoms with Gasteiger partial charge in [0.25, 0.3) is 0 Å². The third-order valence-electron chi connectivity index (χ3n) is 10.1. The number of phenols is 2. The molecule has 0 saturated heterocycles. The zero-order valence-corrected chi connectivity index (χ0v) is 31.5. The number of hydrogen-bond donors (Lipinski definition) is 2. The molecule has 50 heavy (non-hydrogen) atoms. The van der Waals surface area contributed by atoms with E-state index in [2.05, 4.69) is 41.5 Å². The minimum Gasteiger partial charge on any atom is -0.507 e. The number of Topliss-reactive ketones (excluding diaryl/α,β-unsaturated/α-hetero) is 1. The Morgan fingerprint density at radius 1 is 0.520 bits per heavy atom. The van der Waals surface area contributed by atoms with E-state index < -0.39 is 27.3 Å². The van der Waals surface area contributed by atoms with E-state index in [0.717, 1.165) is 22.3 Å². The van der Waals surface area contributed by atoms with E-state index >= 15 is 4.79 Å². The second kappa shape index (κ2) is 11.2. The molecule has 0 radical (unpaired) electrons. The minimum absolute atomic E-state index is 0.155. The van der Waals surface area contributed by atoms with E-state index in [9.17, 15) is 15.0 Å². The van der Waals surface area contributed by atoms with Gasteiger partial charge in [0.15, 0.2) is 5.78 Å². The Bertz CT molecular complexity index is 2000. The SMILES string of the molecule is CC(C)(C)c1cc(C2=C(c3cc(C(C)(C)C)c(O)c(C(C)(C)C)c3)C(=O)C3(O2)c2ccccc2C(=O)c2ccccc23)cc(C(C)(C)C)c1O. The molecule has 1 spiro atoms. The average molecular weight is 671 g/mol.